The van der Waals surface area contributed by atoms with E-state index in [1.54, 1.807) is 0 Å². The minimum absolute atomic E-state index is 0.319. The van der Waals surface area contributed by atoms with E-state index in [0.717, 1.165) is 11.6 Å². The highest BCUT2D eigenvalue weighted by atomic mass is 16.1. The van der Waals surface area contributed by atoms with Crippen molar-refractivity contribution in [3.8, 4) is 0 Å². The van der Waals surface area contributed by atoms with E-state index in [9.17, 15) is 4.79 Å². The summed E-state index contributed by atoms with van der Waals surface area (Å²) in [5.74, 6) is 2.73. The van der Waals surface area contributed by atoms with Gasteiger partial charge in [-0.15, -0.1) is 0 Å². The van der Waals surface area contributed by atoms with Gasteiger partial charge in [0.2, 0.25) is 0 Å². The number of nitrogens with zero attached hydrogens (tertiary/aromatic N) is 1. The molecule has 0 amide bonds. The molecule has 0 saturated heterocycles. The van der Waals surface area contributed by atoms with Gasteiger partial charge in [-0.2, -0.15) is 0 Å². The molecule has 2 bridgehead atoms. The third-order valence-electron chi connectivity index (χ3n) is 5.93. The Morgan fingerprint density at radius 2 is 1.84 bits per heavy atom. The fourth-order valence-electron chi connectivity index (χ4n) is 5.30. The summed E-state index contributed by atoms with van der Waals surface area (Å²) >= 11 is 0. The van der Waals surface area contributed by atoms with Gasteiger partial charge in [-0.25, -0.2) is 0 Å². The van der Waals surface area contributed by atoms with Gasteiger partial charge in [-0.3, -0.25) is 4.79 Å². The van der Waals surface area contributed by atoms with Crippen molar-refractivity contribution in [3.05, 3.63) is 35.5 Å². The Morgan fingerprint density at radius 1 is 1.11 bits per heavy atom. The number of aryl methyl sites for hydroxylation is 1. The van der Waals surface area contributed by atoms with E-state index >= 15 is 0 Å². The zero-order chi connectivity index (χ0) is 12.7. The standard InChI is InChI=1S/C17H17NO/c1-18-12-5-3-2-4-11(12)15-13-9-6-7-10(8-9)14(13)17(19)16(15)18/h2-5,9-10,13-14H,6-8H2,1H3/t9-,10+,13-,14+/m0/s1. The summed E-state index contributed by atoms with van der Waals surface area (Å²) in [7, 11) is 2.06. The molecule has 2 saturated carbocycles. The van der Waals surface area contributed by atoms with Crippen molar-refractivity contribution in [2.24, 2.45) is 24.8 Å². The Balaban J connectivity index is 1.87. The van der Waals surface area contributed by atoms with Crippen molar-refractivity contribution in [1.29, 1.82) is 0 Å². The van der Waals surface area contributed by atoms with Crippen molar-refractivity contribution in [2.45, 2.75) is 25.2 Å². The van der Waals surface area contributed by atoms with Crippen LogP contribution in [0.4, 0.5) is 0 Å². The summed E-state index contributed by atoms with van der Waals surface area (Å²) in [5, 5.41) is 1.33. The van der Waals surface area contributed by atoms with Crippen LogP contribution >= 0.6 is 0 Å². The fraction of sp³-hybridized carbons (Fsp3) is 0.471. The van der Waals surface area contributed by atoms with Crippen molar-refractivity contribution >= 4 is 16.7 Å². The number of hydrogen-bond acceptors (Lipinski definition) is 1. The van der Waals surface area contributed by atoms with Crippen LogP contribution in [0.3, 0.4) is 0 Å². The molecule has 1 aromatic heterocycles. The maximum absolute atomic E-state index is 12.8. The number of aromatic nitrogens is 1. The van der Waals surface area contributed by atoms with Crippen molar-refractivity contribution in [2.75, 3.05) is 0 Å². The van der Waals surface area contributed by atoms with Crippen LogP contribution < -0.4 is 0 Å². The molecule has 2 aromatic rings. The van der Waals surface area contributed by atoms with Gasteiger partial charge >= 0.3 is 0 Å². The number of benzene rings is 1. The smallest absolute Gasteiger partial charge is 0.183 e. The highest BCUT2D eigenvalue weighted by Gasteiger charge is 2.57. The molecule has 2 nitrogen and oxygen atoms in total. The van der Waals surface area contributed by atoms with Gasteiger partial charge < -0.3 is 4.57 Å². The molecule has 3 aliphatic rings. The molecule has 1 aromatic carbocycles. The molecule has 0 unspecified atom stereocenters. The van der Waals surface area contributed by atoms with E-state index in [-0.39, 0.29) is 0 Å². The van der Waals surface area contributed by atoms with E-state index in [0.29, 0.717) is 23.5 Å². The Bertz CT molecular complexity index is 726. The minimum Gasteiger partial charge on any atom is -0.341 e. The minimum atomic E-state index is 0.319. The van der Waals surface area contributed by atoms with Crippen LogP contribution in [0, 0.1) is 17.8 Å². The van der Waals surface area contributed by atoms with E-state index in [4.69, 9.17) is 0 Å². The lowest BCUT2D eigenvalue weighted by molar-refractivity contribution is 0.0876. The summed E-state index contributed by atoms with van der Waals surface area (Å²) in [4.78, 5) is 12.8. The number of carbonyl (C=O) groups is 1. The van der Waals surface area contributed by atoms with Gasteiger partial charge in [0.15, 0.2) is 5.78 Å². The molecule has 0 aliphatic heterocycles. The molecule has 4 atom stereocenters. The number of carbonyl (C=O) groups excluding carboxylic acids is 1. The average Bonchev–Trinajstić information content (AvgIpc) is 3.13. The molecule has 0 radical (unpaired) electrons. The second-order valence-electron chi connectivity index (χ2n) is 6.59. The van der Waals surface area contributed by atoms with E-state index in [2.05, 4.69) is 35.9 Å². The van der Waals surface area contributed by atoms with Crippen LogP contribution in [-0.2, 0) is 7.05 Å². The average molecular weight is 251 g/mol. The van der Waals surface area contributed by atoms with Gasteiger partial charge in [-0.05, 0) is 48.6 Å². The summed E-state index contributed by atoms with van der Waals surface area (Å²) < 4.78 is 2.14. The number of hydrogen-bond donors (Lipinski definition) is 0. The van der Waals surface area contributed by atoms with E-state index in [1.807, 2.05) is 0 Å². The molecule has 96 valence electrons. The second kappa shape index (κ2) is 3.12. The monoisotopic (exact) mass is 251 g/mol. The summed E-state index contributed by atoms with van der Waals surface area (Å²) in [5.41, 5.74) is 3.63. The van der Waals surface area contributed by atoms with Gasteiger partial charge in [0.05, 0.1) is 5.69 Å². The predicted octanol–water partition coefficient (Wildman–Crippen LogP) is 3.50. The number of ketones is 1. The third kappa shape index (κ3) is 1.00. The van der Waals surface area contributed by atoms with Crippen LogP contribution in [0.2, 0.25) is 0 Å². The second-order valence-corrected chi connectivity index (χ2v) is 6.59. The Kier molecular flexibility index (Phi) is 1.68. The molecule has 1 heterocycles. The highest BCUT2D eigenvalue weighted by Crippen LogP contribution is 2.62. The van der Waals surface area contributed by atoms with Gasteiger partial charge in [0.25, 0.3) is 0 Å². The molecular weight excluding hydrogens is 234 g/mol. The maximum atomic E-state index is 12.8. The topological polar surface area (TPSA) is 22.0 Å². The van der Waals surface area contributed by atoms with Crippen LogP contribution in [0.5, 0.6) is 0 Å². The van der Waals surface area contributed by atoms with Crippen LogP contribution in [0.25, 0.3) is 10.9 Å². The van der Waals surface area contributed by atoms with Crippen molar-refractivity contribution in [1.82, 2.24) is 4.57 Å². The Morgan fingerprint density at radius 3 is 2.68 bits per heavy atom. The van der Waals surface area contributed by atoms with Gasteiger partial charge in [0.1, 0.15) is 0 Å². The summed E-state index contributed by atoms with van der Waals surface area (Å²) in [6.45, 7) is 0. The number of rotatable bonds is 0. The molecule has 3 aliphatic carbocycles. The zero-order valence-electron chi connectivity index (χ0n) is 11.1. The normalized spacial score (nSPS) is 35.1. The molecule has 2 fully saturated rings. The zero-order valence-corrected chi connectivity index (χ0v) is 11.1. The van der Waals surface area contributed by atoms with Crippen molar-refractivity contribution < 1.29 is 4.79 Å². The lowest BCUT2D eigenvalue weighted by atomic mass is 9.79. The fourth-order valence-corrected chi connectivity index (χ4v) is 5.30. The Hall–Kier alpha value is -1.57. The molecule has 5 rings (SSSR count). The van der Waals surface area contributed by atoms with E-state index in [1.165, 1.54) is 35.7 Å². The first-order valence-corrected chi connectivity index (χ1v) is 7.39. The SMILES string of the molecule is Cn1c2c(c3ccccc31)[C@H]1[C@H]3CC[C@H](C3)[C@H]1C2=O. The highest BCUT2D eigenvalue weighted by molar-refractivity contribution is 6.09. The summed E-state index contributed by atoms with van der Waals surface area (Å²) in [6.07, 6.45) is 3.91. The third-order valence-corrected chi connectivity index (χ3v) is 5.93. The number of Topliss-reactive ketones (excluding diaryl/α,β-unsaturated/α-hetero) is 1. The predicted molar refractivity (Wildman–Crippen MR) is 74.3 cm³/mol. The lowest BCUT2D eigenvalue weighted by Gasteiger charge is -2.24. The number of para-hydroxylation sites is 1. The van der Waals surface area contributed by atoms with E-state index < -0.39 is 0 Å². The molecule has 0 N–H and O–H groups in total. The van der Waals surface area contributed by atoms with Crippen LogP contribution in [-0.4, -0.2) is 10.4 Å². The first-order valence-electron chi connectivity index (χ1n) is 7.39. The van der Waals surface area contributed by atoms with Crippen LogP contribution in [0.1, 0.15) is 41.2 Å². The largest absolute Gasteiger partial charge is 0.341 e. The lowest BCUT2D eigenvalue weighted by Crippen LogP contribution is -2.22. The Labute approximate surface area is 112 Å². The number of fused-ring (bicyclic) bond motifs is 9. The first-order chi connectivity index (χ1) is 9.27. The molecule has 2 heteroatoms. The first kappa shape index (κ1) is 10.2. The van der Waals surface area contributed by atoms with Gasteiger partial charge in [-0.1, -0.05) is 18.2 Å². The molecular formula is C17H17NO. The maximum Gasteiger partial charge on any atom is 0.183 e. The quantitative estimate of drug-likeness (QED) is 0.702. The molecule has 19 heavy (non-hydrogen) atoms. The molecule has 0 spiro atoms. The summed E-state index contributed by atoms with van der Waals surface area (Å²) in [6, 6.07) is 8.52. The van der Waals surface area contributed by atoms with Gasteiger partial charge in [0, 0.05) is 23.9 Å². The van der Waals surface area contributed by atoms with Crippen LogP contribution in [0.15, 0.2) is 24.3 Å². The van der Waals surface area contributed by atoms with Crippen molar-refractivity contribution in [3.63, 3.8) is 0 Å².